The summed E-state index contributed by atoms with van der Waals surface area (Å²) in [6.07, 6.45) is 0. The Hall–Kier alpha value is -2.19. The van der Waals surface area contributed by atoms with Crippen molar-refractivity contribution in [2.45, 2.75) is 19.8 Å². The second kappa shape index (κ2) is 9.75. The molecule has 0 saturated carbocycles. The van der Waals surface area contributed by atoms with Crippen molar-refractivity contribution in [2.75, 3.05) is 38.3 Å². The Morgan fingerprint density at radius 1 is 1.03 bits per heavy atom. The van der Waals surface area contributed by atoms with Gasteiger partial charge in [0.2, 0.25) is 10.7 Å². The smallest absolute Gasteiger partial charge is 0.226 e. The van der Waals surface area contributed by atoms with E-state index in [-0.39, 0.29) is 0 Å². The topological polar surface area (TPSA) is 38.5 Å². The van der Waals surface area contributed by atoms with E-state index >= 15 is 0 Å². The molecule has 4 rings (SSSR count). The van der Waals surface area contributed by atoms with Gasteiger partial charge in [0.15, 0.2) is 0 Å². The maximum absolute atomic E-state index is 6.00. The zero-order valence-electron chi connectivity index (χ0n) is 17.1. The van der Waals surface area contributed by atoms with Crippen LogP contribution >= 0.6 is 23.8 Å². The van der Waals surface area contributed by atoms with Crippen molar-refractivity contribution in [3.05, 3.63) is 75.5 Å². The largest absolute Gasteiger partial charge is 0.378 e. The highest BCUT2D eigenvalue weighted by Gasteiger charge is 2.20. The monoisotopic (exact) mass is 443 g/mol. The van der Waals surface area contributed by atoms with Crippen molar-refractivity contribution in [1.82, 2.24) is 19.2 Å². The van der Waals surface area contributed by atoms with E-state index in [0.717, 1.165) is 35.4 Å². The molecule has 1 aliphatic rings. The minimum absolute atomic E-state index is 0.612. The van der Waals surface area contributed by atoms with Crippen LogP contribution in [0.25, 0.3) is 0 Å². The van der Waals surface area contributed by atoms with E-state index < -0.39 is 0 Å². The Kier molecular flexibility index (Phi) is 6.84. The van der Waals surface area contributed by atoms with Crippen molar-refractivity contribution < 1.29 is 4.74 Å². The lowest BCUT2D eigenvalue weighted by molar-refractivity contribution is 0.121. The molecular formula is C22H26ClN5OS. The summed E-state index contributed by atoms with van der Waals surface area (Å²) < 4.78 is 10.3. The Morgan fingerprint density at radius 3 is 2.43 bits per heavy atom. The average Bonchev–Trinajstić information content (AvgIpc) is 3.06. The van der Waals surface area contributed by atoms with Gasteiger partial charge in [-0.15, -0.1) is 5.10 Å². The number of benzene rings is 2. The zero-order chi connectivity index (χ0) is 20.9. The van der Waals surface area contributed by atoms with Gasteiger partial charge in [0, 0.05) is 24.7 Å². The third-order valence-electron chi connectivity index (χ3n) is 5.12. The Balaban J connectivity index is 1.57. The highest BCUT2D eigenvalue weighted by atomic mass is 35.5. The highest BCUT2D eigenvalue weighted by Crippen LogP contribution is 2.18. The number of rotatable bonds is 7. The van der Waals surface area contributed by atoms with Crippen LogP contribution in [0, 0.1) is 4.77 Å². The first-order valence-corrected chi connectivity index (χ1v) is 10.9. The van der Waals surface area contributed by atoms with Crippen LogP contribution in [-0.2, 0) is 24.5 Å². The molecule has 0 radical (unpaired) electrons. The van der Waals surface area contributed by atoms with Crippen molar-refractivity contribution in [3.8, 4) is 0 Å². The van der Waals surface area contributed by atoms with Crippen LogP contribution in [0.1, 0.15) is 11.1 Å². The van der Waals surface area contributed by atoms with Crippen LogP contribution in [0.2, 0.25) is 5.02 Å². The number of hydrogen-bond donors (Lipinski definition) is 0. The predicted octanol–water partition coefficient (Wildman–Crippen LogP) is 4.04. The molecule has 158 valence electrons. The quantitative estimate of drug-likeness (QED) is 0.515. The summed E-state index contributed by atoms with van der Waals surface area (Å²) in [5.41, 5.74) is 2.41. The highest BCUT2D eigenvalue weighted by molar-refractivity contribution is 7.71. The Bertz CT molecular complexity index is 1010. The number of aromatic nitrogens is 3. The van der Waals surface area contributed by atoms with E-state index in [9.17, 15) is 0 Å². The molecule has 2 aromatic carbocycles. The van der Waals surface area contributed by atoms with Crippen molar-refractivity contribution in [3.63, 3.8) is 0 Å². The number of halogens is 1. The molecule has 6 nitrogen and oxygen atoms in total. The lowest BCUT2D eigenvalue weighted by Crippen LogP contribution is -2.38. The van der Waals surface area contributed by atoms with Gasteiger partial charge in [0.1, 0.15) is 0 Å². The van der Waals surface area contributed by atoms with Crippen LogP contribution in [0.5, 0.6) is 0 Å². The zero-order valence-corrected chi connectivity index (χ0v) is 18.6. The number of morpholine rings is 1. The normalized spacial score (nSPS) is 14.4. The summed E-state index contributed by atoms with van der Waals surface area (Å²) >= 11 is 11.8. The molecule has 0 aliphatic carbocycles. The Morgan fingerprint density at radius 2 is 1.73 bits per heavy atom. The SMILES string of the molecule is CN(Cc1ccc(Cl)cc1)Cn1nc(N2CCOCC2)n(Cc2ccccc2)c1=S. The molecule has 30 heavy (non-hydrogen) atoms. The van der Waals surface area contributed by atoms with Crippen molar-refractivity contribution in [2.24, 2.45) is 0 Å². The molecule has 0 bridgehead atoms. The molecule has 1 aliphatic heterocycles. The van der Waals surface area contributed by atoms with Gasteiger partial charge < -0.3 is 9.64 Å². The van der Waals surface area contributed by atoms with Crippen molar-refractivity contribution in [1.29, 1.82) is 0 Å². The number of ether oxygens (including phenoxy) is 1. The summed E-state index contributed by atoms with van der Waals surface area (Å²) in [5, 5.41) is 5.66. The average molecular weight is 444 g/mol. The lowest BCUT2D eigenvalue weighted by Gasteiger charge is -2.27. The standard InChI is InChI=1S/C22H26ClN5OS/c1-25(15-19-7-9-20(23)10-8-19)17-28-22(30)27(16-18-5-3-2-4-6-18)21(24-28)26-11-13-29-14-12-26/h2-10H,11-17H2,1H3. The van der Waals surface area contributed by atoms with Gasteiger partial charge in [0.25, 0.3) is 0 Å². The fourth-order valence-electron chi connectivity index (χ4n) is 3.60. The minimum Gasteiger partial charge on any atom is -0.378 e. The molecule has 8 heteroatoms. The van der Waals surface area contributed by atoms with E-state index in [1.54, 1.807) is 0 Å². The summed E-state index contributed by atoms with van der Waals surface area (Å²) in [6.45, 7) is 5.16. The summed E-state index contributed by atoms with van der Waals surface area (Å²) in [5.74, 6) is 0.909. The first-order valence-electron chi connectivity index (χ1n) is 10.1. The van der Waals surface area contributed by atoms with Crippen LogP contribution in [0.15, 0.2) is 54.6 Å². The van der Waals surface area contributed by atoms with Crippen LogP contribution in [0.3, 0.4) is 0 Å². The second-order valence-corrected chi connectivity index (χ2v) is 8.34. The van der Waals surface area contributed by atoms with Crippen molar-refractivity contribution >= 4 is 29.8 Å². The van der Waals surface area contributed by atoms with E-state index in [4.69, 9.17) is 33.7 Å². The molecule has 1 saturated heterocycles. The maximum atomic E-state index is 6.00. The number of hydrogen-bond acceptors (Lipinski definition) is 5. The fourth-order valence-corrected chi connectivity index (χ4v) is 3.97. The first-order chi connectivity index (χ1) is 14.6. The van der Waals surface area contributed by atoms with E-state index in [1.165, 1.54) is 11.1 Å². The Labute approximate surface area is 187 Å². The molecule has 2 heterocycles. The summed E-state index contributed by atoms with van der Waals surface area (Å²) in [7, 11) is 2.07. The molecule has 3 aromatic rings. The van der Waals surface area contributed by atoms with Gasteiger partial charge in [-0.1, -0.05) is 54.1 Å². The molecule has 0 atom stereocenters. The molecule has 0 N–H and O–H groups in total. The van der Waals surface area contributed by atoms with E-state index in [2.05, 4.69) is 45.7 Å². The van der Waals surface area contributed by atoms with Crippen LogP contribution in [0.4, 0.5) is 5.95 Å². The second-order valence-electron chi connectivity index (χ2n) is 7.54. The van der Waals surface area contributed by atoms with Gasteiger partial charge in [-0.2, -0.15) is 0 Å². The van der Waals surface area contributed by atoms with Crippen LogP contribution < -0.4 is 4.90 Å². The molecule has 1 fully saturated rings. The molecule has 1 aromatic heterocycles. The minimum atomic E-state index is 0.612. The lowest BCUT2D eigenvalue weighted by atomic mass is 10.2. The first kappa shape index (κ1) is 21.1. The molecule has 0 unspecified atom stereocenters. The predicted molar refractivity (Wildman–Crippen MR) is 123 cm³/mol. The summed E-state index contributed by atoms with van der Waals surface area (Å²) in [6, 6.07) is 18.3. The van der Waals surface area contributed by atoms with Gasteiger partial charge in [-0.05, 0) is 42.5 Å². The van der Waals surface area contributed by atoms with E-state index in [0.29, 0.717) is 26.4 Å². The van der Waals surface area contributed by atoms with Gasteiger partial charge in [0.05, 0.1) is 26.4 Å². The van der Waals surface area contributed by atoms with Crippen LogP contribution in [-0.4, -0.2) is 52.6 Å². The van der Waals surface area contributed by atoms with Gasteiger partial charge in [-0.25, -0.2) is 4.68 Å². The maximum Gasteiger partial charge on any atom is 0.226 e. The third kappa shape index (κ3) is 5.10. The van der Waals surface area contributed by atoms with E-state index in [1.807, 2.05) is 35.0 Å². The third-order valence-corrected chi connectivity index (χ3v) is 5.80. The fraction of sp³-hybridized carbons (Fsp3) is 0.364. The number of anilines is 1. The number of nitrogens with zero attached hydrogens (tertiary/aromatic N) is 5. The van der Waals surface area contributed by atoms with Gasteiger partial charge >= 0.3 is 0 Å². The molecular weight excluding hydrogens is 418 g/mol. The molecule has 0 amide bonds. The molecule has 0 spiro atoms. The summed E-state index contributed by atoms with van der Waals surface area (Å²) in [4.78, 5) is 4.46. The van der Waals surface area contributed by atoms with Gasteiger partial charge in [-0.3, -0.25) is 9.47 Å².